The quantitative estimate of drug-likeness (QED) is 0.282. The summed E-state index contributed by atoms with van der Waals surface area (Å²) in [5, 5.41) is 0.730. The van der Waals surface area contributed by atoms with Gasteiger partial charge in [0.05, 0.1) is 11.3 Å². The number of hydrogen-bond donors (Lipinski definition) is 2. The van der Waals surface area contributed by atoms with Crippen LogP contribution in [0.25, 0.3) is 22.2 Å². The first-order valence-corrected chi connectivity index (χ1v) is 11.4. The lowest BCUT2D eigenvalue weighted by molar-refractivity contribution is 0.103. The highest BCUT2D eigenvalue weighted by atomic mass is 35.5. The van der Waals surface area contributed by atoms with E-state index >= 15 is 4.39 Å². The standard InChI is InChI=1S/C22H17ClF2N4O2S/c1-2-7-32(31)29-17-5-4-16(24)19(20(17)25)21(30)15-11-28-22-14(15)8-13(10-27-22)12-3-6-18(23)26-9-12/h3-6,8-11,29H,2,7H2,1H3,(H,27,28). The van der Waals surface area contributed by atoms with Gasteiger partial charge in [0.2, 0.25) is 5.78 Å². The average Bonchev–Trinajstić information content (AvgIpc) is 3.20. The number of halogens is 3. The van der Waals surface area contributed by atoms with Gasteiger partial charge >= 0.3 is 0 Å². The van der Waals surface area contributed by atoms with E-state index < -0.39 is 34.0 Å². The molecule has 164 valence electrons. The van der Waals surface area contributed by atoms with Crippen LogP contribution in [0.1, 0.15) is 29.3 Å². The number of rotatable bonds is 7. The Morgan fingerprint density at radius 1 is 1.16 bits per heavy atom. The Labute approximate surface area is 189 Å². The second kappa shape index (κ2) is 9.13. The van der Waals surface area contributed by atoms with Gasteiger partial charge in [0.25, 0.3) is 0 Å². The van der Waals surface area contributed by atoms with Crippen molar-refractivity contribution in [2.75, 3.05) is 10.5 Å². The summed E-state index contributed by atoms with van der Waals surface area (Å²) in [4.78, 5) is 24.3. The van der Waals surface area contributed by atoms with Crippen molar-refractivity contribution in [3.8, 4) is 11.1 Å². The SMILES string of the molecule is CCCS(=O)Nc1ccc(F)c(C(=O)c2c[nH]c3ncc(-c4ccc(Cl)nc4)cc23)c1F. The van der Waals surface area contributed by atoms with Gasteiger partial charge in [-0.25, -0.2) is 23.0 Å². The fourth-order valence-corrected chi connectivity index (χ4v) is 4.22. The zero-order valence-electron chi connectivity index (χ0n) is 16.8. The summed E-state index contributed by atoms with van der Waals surface area (Å²) < 4.78 is 44.0. The zero-order chi connectivity index (χ0) is 22.8. The summed E-state index contributed by atoms with van der Waals surface area (Å²) in [5.74, 6) is -2.68. The normalized spacial score (nSPS) is 12.1. The molecule has 2 N–H and O–H groups in total. The van der Waals surface area contributed by atoms with Crippen LogP contribution in [0.15, 0.2) is 48.9 Å². The van der Waals surface area contributed by atoms with Crippen molar-refractivity contribution in [3.05, 3.63) is 76.8 Å². The van der Waals surface area contributed by atoms with Crippen LogP contribution in [0, 0.1) is 11.6 Å². The summed E-state index contributed by atoms with van der Waals surface area (Å²) in [5.41, 5.74) is 0.876. The second-order valence-electron chi connectivity index (χ2n) is 6.96. The maximum absolute atomic E-state index is 15.1. The molecule has 0 amide bonds. The molecule has 0 radical (unpaired) electrons. The fraction of sp³-hybridized carbons (Fsp3) is 0.136. The first-order valence-electron chi connectivity index (χ1n) is 9.65. The summed E-state index contributed by atoms with van der Waals surface area (Å²) in [7, 11) is -1.55. The molecule has 0 bridgehead atoms. The molecule has 4 rings (SSSR count). The number of benzene rings is 1. The number of aromatic amines is 1. The minimum atomic E-state index is -1.55. The number of carbonyl (C=O) groups is 1. The van der Waals surface area contributed by atoms with Crippen LogP contribution in [0.5, 0.6) is 0 Å². The zero-order valence-corrected chi connectivity index (χ0v) is 18.4. The Morgan fingerprint density at radius 2 is 1.94 bits per heavy atom. The molecule has 0 aliphatic rings. The van der Waals surface area contributed by atoms with Crippen molar-refractivity contribution in [3.63, 3.8) is 0 Å². The predicted octanol–water partition coefficient (Wildman–Crippen LogP) is 5.27. The molecule has 3 heterocycles. The van der Waals surface area contributed by atoms with Gasteiger partial charge in [-0.05, 0) is 36.8 Å². The average molecular weight is 475 g/mol. The van der Waals surface area contributed by atoms with Crippen LogP contribution in [-0.2, 0) is 11.0 Å². The molecule has 0 aliphatic heterocycles. The molecule has 1 unspecified atom stereocenters. The lowest BCUT2D eigenvalue weighted by Crippen LogP contribution is -2.13. The summed E-state index contributed by atoms with van der Waals surface area (Å²) in [6, 6.07) is 7.15. The van der Waals surface area contributed by atoms with Gasteiger partial charge in [-0.1, -0.05) is 18.5 Å². The molecule has 1 aromatic carbocycles. The van der Waals surface area contributed by atoms with Gasteiger partial charge in [0, 0.05) is 46.4 Å². The van der Waals surface area contributed by atoms with E-state index in [1.165, 1.54) is 6.20 Å². The Bertz CT molecular complexity index is 1340. The van der Waals surface area contributed by atoms with Crippen LogP contribution in [0.3, 0.4) is 0 Å². The third-order valence-corrected chi connectivity index (χ3v) is 6.22. The molecule has 0 saturated heterocycles. The lowest BCUT2D eigenvalue weighted by Gasteiger charge is -2.10. The van der Waals surface area contributed by atoms with Crippen LogP contribution in [-0.4, -0.2) is 30.7 Å². The topological polar surface area (TPSA) is 87.7 Å². The van der Waals surface area contributed by atoms with E-state index in [-0.39, 0.29) is 17.0 Å². The molecular formula is C22H17ClF2N4O2S. The van der Waals surface area contributed by atoms with E-state index in [0.29, 0.717) is 33.7 Å². The van der Waals surface area contributed by atoms with E-state index in [1.807, 2.05) is 6.92 Å². The van der Waals surface area contributed by atoms with Crippen molar-refractivity contribution >= 4 is 45.1 Å². The summed E-state index contributed by atoms with van der Waals surface area (Å²) >= 11 is 5.83. The van der Waals surface area contributed by atoms with Crippen LogP contribution >= 0.6 is 11.6 Å². The molecule has 3 aromatic heterocycles. The molecule has 10 heteroatoms. The number of fused-ring (bicyclic) bond motifs is 1. The number of ketones is 1. The van der Waals surface area contributed by atoms with Gasteiger partial charge in [-0.15, -0.1) is 0 Å². The van der Waals surface area contributed by atoms with Crippen LogP contribution in [0.2, 0.25) is 5.15 Å². The van der Waals surface area contributed by atoms with Gasteiger partial charge in [0.15, 0.2) is 5.82 Å². The minimum Gasteiger partial charge on any atom is -0.345 e. The Hall–Kier alpha value is -3.17. The highest BCUT2D eigenvalue weighted by molar-refractivity contribution is 7.86. The number of anilines is 1. The van der Waals surface area contributed by atoms with Gasteiger partial charge in [-0.3, -0.25) is 4.79 Å². The molecule has 6 nitrogen and oxygen atoms in total. The van der Waals surface area contributed by atoms with Gasteiger partial charge < -0.3 is 9.71 Å². The summed E-state index contributed by atoms with van der Waals surface area (Å²) in [6.07, 6.45) is 5.12. The van der Waals surface area contributed by atoms with Crippen molar-refractivity contribution < 1.29 is 17.8 Å². The van der Waals surface area contributed by atoms with E-state index in [2.05, 4.69) is 19.7 Å². The molecule has 0 aliphatic carbocycles. The largest absolute Gasteiger partial charge is 0.345 e. The number of H-pyrrole nitrogens is 1. The van der Waals surface area contributed by atoms with Gasteiger partial charge in [-0.2, -0.15) is 0 Å². The first-order chi connectivity index (χ1) is 15.4. The number of hydrogen-bond acceptors (Lipinski definition) is 4. The van der Waals surface area contributed by atoms with E-state index in [1.54, 1.807) is 30.6 Å². The smallest absolute Gasteiger partial charge is 0.201 e. The monoisotopic (exact) mass is 474 g/mol. The molecule has 0 saturated carbocycles. The molecule has 4 aromatic rings. The molecule has 0 spiro atoms. The molecule has 1 atom stereocenters. The molecule has 0 fully saturated rings. The van der Waals surface area contributed by atoms with Gasteiger partial charge in [0.1, 0.15) is 27.6 Å². The third-order valence-electron chi connectivity index (χ3n) is 4.77. The van der Waals surface area contributed by atoms with Crippen molar-refractivity contribution in [1.29, 1.82) is 0 Å². The Balaban J connectivity index is 1.76. The second-order valence-corrected chi connectivity index (χ2v) is 8.65. The van der Waals surface area contributed by atoms with E-state index in [0.717, 1.165) is 12.1 Å². The number of pyridine rings is 2. The number of nitrogens with one attached hydrogen (secondary N) is 2. The third kappa shape index (κ3) is 4.26. The maximum Gasteiger partial charge on any atom is 0.201 e. The fourth-order valence-electron chi connectivity index (χ4n) is 3.23. The Morgan fingerprint density at radius 3 is 2.66 bits per heavy atom. The van der Waals surface area contributed by atoms with Crippen molar-refractivity contribution in [2.45, 2.75) is 13.3 Å². The maximum atomic E-state index is 15.1. The molecular weight excluding hydrogens is 458 g/mol. The summed E-state index contributed by atoms with van der Waals surface area (Å²) in [6.45, 7) is 1.83. The lowest BCUT2D eigenvalue weighted by atomic mass is 10.00. The van der Waals surface area contributed by atoms with Crippen LogP contribution < -0.4 is 4.72 Å². The van der Waals surface area contributed by atoms with Crippen molar-refractivity contribution in [2.24, 2.45) is 0 Å². The highest BCUT2D eigenvalue weighted by Gasteiger charge is 2.25. The van der Waals surface area contributed by atoms with E-state index in [4.69, 9.17) is 11.6 Å². The number of aromatic nitrogens is 3. The predicted molar refractivity (Wildman–Crippen MR) is 121 cm³/mol. The number of nitrogens with zero attached hydrogens (tertiary/aromatic N) is 2. The minimum absolute atomic E-state index is 0.0564. The molecule has 32 heavy (non-hydrogen) atoms. The Kier molecular flexibility index (Phi) is 6.29. The van der Waals surface area contributed by atoms with Crippen LogP contribution in [0.4, 0.5) is 14.5 Å². The van der Waals surface area contributed by atoms with Crippen molar-refractivity contribution in [1.82, 2.24) is 15.0 Å². The van der Waals surface area contributed by atoms with E-state index in [9.17, 15) is 13.4 Å². The first kappa shape index (κ1) is 22.0. The highest BCUT2D eigenvalue weighted by Crippen LogP contribution is 2.29. The number of carbonyl (C=O) groups excluding carboxylic acids is 1.